The van der Waals surface area contributed by atoms with Crippen LogP contribution in [0.2, 0.25) is 0 Å². The van der Waals surface area contributed by atoms with Crippen LogP contribution in [0.4, 0.5) is 0 Å². The summed E-state index contributed by atoms with van der Waals surface area (Å²) in [6, 6.07) is 11.9. The molecule has 0 amide bonds. The minimum Gasteiger partial charge on any atom is -0.481 e. The van der Waals surface area contributed by atoms with Gasteiger partial charge in [-0.15, -0.1) is 6.42 Å². The molecule has 0 atom stereocenters. The highest BCUT2D eigenvalue weighted by atomic mass is 79.9. The Kier molecular flexibility index (Phi) is 6.26. The molecule has 0 saturated heterocycles. The van der Waals surface area contributed by atoms with Gasteiger partial charge in [0.1, 0.15) is 12.4 Å². The van der Waals surface area contributed by atoms with Gasteiger partial charge in [-0.05, 0) is 30.3 Å². The summed E-state index contributed by atoms with van der Waals surface area (Å²) in [7, 11) is 0. The quantitative estimate of drug-likeness (QED) is 0.618. The minimum absolute atomic E-state index is 0.280. The van der Waals surface area contributed by atoms with Crippen LogP contribution in [-0.2, 0) is 13.0 Å². The highest BCUT2D eigenvalue weighted by Crippen LogP contribution is 2.23. The third kappa shape index (κ3) is 5.22. The number of halogens is 1. The van der Waals surface area contributed by atoms with Crippen LogP contribution in [0.5, 0.6) is 5.75 Å². The number of hydrogen-bond donors (Lipinski definition) is 1. The maximum absolute atomic E-state index is 5.55. The number of nitrogens with one attached hydrogen (secondary N) is 1. The van der Waals surface area contributed by atoms with Crippen molar-refractivity contribution >= 4 is 15.9 Å². The lowest BCUT2D eigenvalue weighted by Gasteiger charge is -2.11. The van der Waals surface area contributed by atoms with Gasteiger partial charge in [0.15, 0.2) is 0 Å². The van der Waals surface area contributed by atoms with Crippen molar-refractivity contribution in [2.24, 2.45) is 0 Å². The van der Waals surface area contributed by atoms with Gasteiger partial charge in [0.25, 0.3) is 0 Å². The van der Waals surface area contributed by atoms with Gasteiger partial charge < -0.3 is 10.1 Å². The summed E-state index contributed by atoms with van der Waals surface area (Å²) in [4.78, 5) is 4.30. The summed E-state index contributed by atoms with van der Waals surface area (Å²) < 4.78 is 6.57. The van der Waals surface area contributed by atoms with Gasteiger partial charge in [-0.25, -0.2) is 0 Å². The summed E-state index contributed by atoms with van der Waals surface area (Å²) in [6.07, 6.45) is 7.95. The standard InChI is InChI=1S/C17H17BrN2O/c1-2-11-21-17-7-6-15(18)12-14(17)13-19-10-8-16-5-3-4-9-20-16/h1,3-7,9,12,19H,8,10-11,13H2. The van der Waals surface area contributed by atoms with Crippen LogP contribution in [0.25, 0.3) is 0 Å². The highest BCUT2D eigenvalue weighted by molar-refractivity contribution is 9.10. The summed E-state index contributed by atoms with van der Waals surface area (Å²) in [6.45, 7) is 1.87. The van der Waals surface area contributed by atoms with E-state index in [0.717, 1.165) is 41.0 Å². The summed E-state index contributed by atoms with van der Waals surface area (Å²) in [5, 5.41) is 3.40. The highest BCUT2D eigenvalue weighted by Gasteiger charge is 2.04. The second-order valence-corrected chi connectivity index (χ2v) is 5.41. The van der Waals surface area contributed by atoms with Crippen molar-refractivity contribution in [3.05, 3.63) is 58.3 Å². The molecule has 0 spiro atoms. The first kappa shape index (κ1) is 15.6. The first-order chi connectivity index (χ1) is 10.3. The Bertz CT molecular complexity index is 608. The van der Waals surface area contributed by atoms with Gasteiger partial charge in [-0.1, -0.05) is 27.9 Å². The normalized spacial score (nSPS) is 10.1. The molecule has 0 fully saturated rings. The lowest BCUT2D eigenvalue weighted by Crippen LogP contribution is -2.17. The fourth-order valence-electron chi connectivity index (χ4n) is 1.93. The molecule has 2 rings (SSSR count). The molecule has 2 aromatic rings. The van der Waals surface area contributed by atoms with Crippen molar-refractivity contribution in [1.82, 2.24) is 10.3 Å². The van der Waals surface area contributed by atoms with Crippen LogP contribution in [0, 0.1) is 12.3 Å². The number of nitrogens with zero attached hydrogens (tertiary/aromatic N) is 1. The number of ether oxygens (including phenoxy) is 1. The van der Waals surface area contributed by atoms with Crippen LogP contribution >= 0.6 is 15.9 Å². The molecule has 0 aliphatic heterocycles. The van der Waals surface area contributed by atoms with Crippen molar-refractivity contribution in [2.75, 3.05) is 13.2 Å². The van der Waals surface area contributed by atoms with E-state index in [4.69, 9.17) is 11.2 Å². The zero-order valence-corrected chi connectivity index (χ0v) is 13.3. The number of terminal acetylenes is 1. The van der Waals surface area contributed by atoms with E-state index in [0.29, 0.717) is 0 Å². The van der Waals surface area contributed by atoms with E-state index in [2.05, 4.69) is 32.2 Å². The van der Waals surface area contributed by atoms with Gasteiger partial charge >= 0.3 is 0 Å². The van der Waals surface area contributed by atoms with Crippen LogP contribution in [-0.4, -0.2) is 18.1 Å². The zero-order chi connectivity index (χ0) is 14.9. The number of hydrogen-bond acceptors (Lipinski definition) is 3. The second kappa shape index (κ2) is 8.46. The lowest BCUT2D eigenvalue weighted by atomic mass is 10.2. The zero-order valence-electron chi connectivity index (χ0n) is 11.7. The summed E-state index contributed by atoms with van der Waals surface area (Å²) >= 11 is 3.48. The molecule has 0 radical (unpaired) electrons. The molecule has 0 aliphatic carbocycles. The molecule has 4 heteroatoms. The van der Waals surface area contributed by atoms with E-state index in [1.807, 2.05) is 42.6 Å². The van der Waals surface area contributed by atoms with Gasteiger partial charge in [-0.3, -0.25) is 4.98 Å². The average Bonchev–Trinajstić information content (AvgIpc) is 2.52. The maximum atomic E-state index is 5.55. The van der Waals surface area contributed by atoms with E-state index in [1.165, 1.54) is 0 Å². The largest absolute Gasteiger partial charge is 0.481 e. The average molecular weight is 345 g/mol. The number of benzene rings is 1. The first-order valence-corrected chi connectivity index (χ1v) is 7.54. The predicted octanol–water partition coefficient (Wildman–Crippen LogP) is 3.19. The Balaban J connectivity index is 1.87. The molecule has 0 unspecified atom stereocenters. The molecule has 1 N–H and O–H groups in total. The molecule has 0 aliphatic rings. The topological polar surface area (TPSA) is 34.1 Å². The van der Waals surface area contributed by atoms with Crippen molar-refractivity contribution in [3.8, 4) is 18.1 Å². The lowest BCUT2D eigenvalue weighted by molar-refractivity contribution is 0.365. The summed E-state index contributed by atoms with van der Waals surface area (Å²) in [5.41, 5.74) is 2.17. The predicted molar refractivity (Wildman–Crippen MR) is 88.1 cm³/mol. The Hall–Kier alpha value is -1.83. The smallest absolute Gasteiger partial charge is 0.148 e. The van der Waals surface area contributed by atoms with Crippen LogP contribution < -0.4 is 10.1 Å². The van der Waals surface area contributed by atoms with Crippen LogP contribution in [0.3, 0.4) is 0 Å². The fraction of sp³-hybridized carbons (Fsp3) is 0.235. The Morgan fingerprint density at radius 3 is 2.95 bits per heavy atom. The molecule has 21 heavy (non-hydrogen) atoms. The Labute approximate surface area is 133 Å². The van der Waals surface area contributed by atoms with Crippen LogP contribution in [0.15, 0.2) is 47.1 Å². The molecule has 0 bridgehead atoms. The van der Waals surface area contributed by atoms with Gasteiger partial charge in [0, 0.05) is 41.4 Å². The first-order valence-electron chi connectivity index (χ1n) is 6.75. The SMILES string of the molecule is C#CCOc1ccc(Br)cc1CNCCc1ccccn1. The Morgan fingerprint density at radius 2 is 2.19 bits per heavy atom. The molecule has 1 aromatic heterocycles. The van der Waals surface area contributed by atoms with E-state index in [1.54, 1.807) is 0 Å². The van der Waals surface area contributed by atoms with E-state index in [-0.39, 0.29) is 6.61 Å². The van der Waals surface area contributed by atoms with Gasteiger partial charge in [0.2, 0.25) is 0 Å². The monoisotopic (exact) mass is 344 g/mol. The third-order valence-corrected chi connectivity index (χ3v) is 3.43. The van der Waals surface area contributed by atoms with E-state index in [9.17, 15) is 0 Å². The molecular formula is C17H17BrN2O. The van der Waals surface area contributed by atoms with E-state index < -0.39 is 0 Å². The molecule has 1 heterocycles. The van der Waals surface area contributed by atoms with Crippen molar-refractivity contribution in [1.29, 1.82) is 0 Å². The number of aromatic nitrogens is 1. The fourth-order valence-corrected chi connectivity index (χ4v) is 2.34. The molecule has 108 valence electrons. The maximum Gasteiger partial charge on any atom is 0.148 e. The molecular weight excluding hydrogens is 328 g/mol. The van der Waals surface area contributed by atoms with E-state index >= 15 is 0 Å². The van der Waals surface area contributed by atoms with Gasteiger partial charge in [0.05, 0.1) is 0 Å². The van der Waals surface area contributed by atoms with Crippen molar-refractivity contribution < 1.29 is 4.74 Å². The number of pyridine rings is 1. The summed E-state index contributed by atoms with van der Waals surface area (Å²) in [5.74, 6) is 3.30. The molecule has 0 saturated carbocycles. The minimum atomic E-state index is 0.280. The van der Waals surface area contributed by atoms with Gasteiger partial charge in [-0.2, -0.15) is 0 Å². The second-order valence-electron chi connectivity index (χ2n) is 4.49. The third-order valence-electron chi connectivity index (χ3n) is 2.93. The van der Waals surface area contributed by atoms with Crippen LogP contribution in [0.1, 0.15) is 11.3 Å². The molecule has 3 nitrogen and oxygen atoms in total. The van der Waals surface area contributed by atoms with Crippen molar-refractivity contribution in [3.63, 3.8) is 0 Å². The van der Waals surface area contributed by atoms with Crippen molar-refractivity contribution in [2.45, 2.75) is 13.0 Å². The Morgan fingerprint density at radius 1 is 1.29 bits per heavy atom. The number of rotatable bonds is 7. The molecule has 1 aromatic carbocycles.